The van der Waals surface area contributed by atoms with E-state index in [9.17, 15) is 30.6 Å². The zero-order chi connectivity index (χ0) is 22.1. The third-order valence-corrected chi connectivity index (χ3v) is 10.5. The van der Waals surface area contributed by atoms with E-state index in [0.29, 0.717) is 18.8 Å². The molecule has 6 nitrogen and oxygen atoms in total. The van der Waals surface area contributed by atoms with E-state index in [1.54, 1.807) is 0 Å². The lowest BCUT2D eigenvalue weighted by atomic mass is 9.43. The Morgan fingerprint density at radius 2 is 1.63 bits per heavy atom. The van der Waals surface area contributed by atoms with E-state index in [4.69, 9.17) is 0 Å². The molecule has 4 rings (SSSR count). The monoisotopic (exact) mass is 426 g/mol. The maximum Gasteiger partial charge on any atom is 0.275 e. The minimum Gasteiger partial charge on any atom is -0.393 e. The van der Waals surface area contributed by atoms with Gasteiger partial charge in [0.25, 0.3) is 5.97 Å². The summed E-state index contributed by atoms with van der Waals surface area (Å²) in [6.07, 6.45) is 5.22. The van der Waals surface area contributed by atoms with Gasteiger partial charge in [0, 0.05) is 6.42 Å². The fraction of sp³-hybridized carbons (Fsp3) is 1.00. The molecule has 4 fully saturated rings. The Bertz CT molecular complexity index is 634. The molecule has 4 saturated carbocycles. The van der Waals surface area contributed by atoms with Gasteiger partial charge in [0.15, 0.2) is 0 Å². The van der Waals surface area contributed by atoms with Crippen molar-refractivity contribution in [3.8, 4) is 0 Å². The topological polar surface area (TPSA) is 121 Å². The lowest BCUT2D eigenvalue weighted by Crippen LogP contribution is -2.62. The molecule has 174 valence electrons. The van der Waals surface area contributed by atoms with Crippen molar-refractivity contribution in [3.63, 3.8) is 0 Å². The van der Waals surface area contributed by atoms with Crippen molar-refractivity contribution in [3.05, 3.63) is 0 Å². The number of hydrogen-bond acceptors (Lipinski definition) is 6. The van der Waals surface area contributed by atoms with Crippen LogP contribution in [-0.4, -0.2) is 54.9 Å². The highest BCUT2D eigenvalue weighted by Crippen LogP contribution is 2.68. The molecule has 0 amide bonds. The van der Waals surface area contributed by atoms with E-state index in [1.807, 2.05) is 0 Å². The van der Waals surface area contributed by atoms with Crippen LogP contribution in [0.15, 0.2) is 0 Å². The van der Waals surface area contributed by atoms with E-state index < -0.39 is 12.1 Å². The number of aliphatic hydroxyl groups excluding tert-OH is 3. The fourth-order valence-electron chi connectivity index (χ4n) is 8.75. The van der Waals surface area contributed by atoms with Crippen LogP contribution in [0.4, 0.5) is 0 Å². The van der Waals surface area contributed by atoms with Gasteiger partial charge in [-0.25, -0.2) is 0 Å². The molecule has 0 spiro atoms. The third-order valence-electron chi connectivity index (χ3n) is 10.5. The SMILES string of the molecule is C[C@H](CCC(O)(O)O)[C@H]1CC[C@H]2[C@@H]3[C@H](O)C[C@@H]4C[C@H](O)CC[C@]4(C)[C@H]3C[C@H](O)[C@]12C. The average Bonchev–Trinajstić information content (AvgIpc) is 3.00. The molecule has 0 aromatic heterocycles. The van der Waals surface area contributed by atoms with Crippen LogP contribution >= 0.6 is 0 Å². The zero-order valence-corrected chi connectivity index (χ0v) is 18.7. The molecule has 0 saturated heterocycles. The maximum atomic E-state index is 11.5. The van der Waals surface area contributed by atoms with Crippen LogP contribution in [0.3, 0.4) is 0 Å². The van der Waals surface area contributed by atoms with Crippen LogP contribution in [0.5, 0.6) is 0 Å². The second-order valence-corrected chi connectivity index (χ2v) is 11.8. The van der Waals surface area contributed by atoms with Gasteiger partial charge in [-0.1, -0.05) is 20.8 Å². The van der Waals surface area contributed by atoms with Crippen LogP contribution < -0.4 is 0 Å². The summed E-state index contributed by atoms with van der Waals surface area (Å²) >= 11 is 0. The molecular weight excluding hydrogens is 384 g/mol. The summed E-state index contributed by atoms with van der Waals surface area (Å²) < 4.78 is 0. The van der Waals surface area contributed by atoms with Gasteiger partial charge in [-0.3, -0.25) is 0 Å². The van der Waals surface area contributed by atoms with Gasteiger partial charge in [-0.05, 0) is 97.7 Å². The van der Waals surface area contributed by atoms with E-state index >= 15 is 0 Å². The van der Waals surface area contributed by atoms with Crippen molar-refractivity contribution in [2.45, 2.75) is 103 Å². The molecule has 0 radical (unpaired) electrons. The lowest BCUT2D eigenvalue weighted by Gasteiger charge is -2.63. The Morgan fingerprint density at radius 3 is 2.30 bits per heavy atom. The van der Waals surface area contributed by atoms with Gasteiger partial charge in [0.05, 0.1) is 18.3 Å². The predicted octanol–water partition coefficient (Wildman–Crippen LogP) is 1.99. The fourth-order valence-corrected chi connectivity index (χ4v) is 8.75. The molecule has 4 aliphatic carbocycles. The molecule has 0 bridgehead atoms. The van der Waals surface area contributed by atoms with Crippen LogP contribution in [0.1, 0.15) is 78.6 Å². The minimum absolute atomic E-state index is 0.0689. The molecule has 0 aromatic rings. The Labute approximate surface area is 180 Å². The Kier molecular flexibility index (Phi) is 5.86. The highest BCUT2D eigenvalue weighted by atomic mass is 16.7. The largest absolute Gasteiger partial charge is 0.393 e. The molecule has 0 aromatic carbocycles. The minimum atomic E-state index is -2.64. The summed E-state index contributed by atoms with van der Waals surface area (Å²) in [5, 5.41) is 60.9. The van der Waals surface area contributed by atoms with Gasteiger partial charge < -0.3 is 30.6 Å². The lowest BCUT2D eigenvalue weighted by molar-refractivity contribution is -0.316. The van der Waals surface area contributed by atoms with E-state index in [0.717, 1.165) is 38.5 Å². The van der Waals surface area contributed by atoms with Crippen LogP contribution in [0, 0.1) is 46.3 Å². The van der Waals surface area contributed by atoms with Crippen molar-refractivity contribution in [2.75, 3.05) is 0 Å². The normalized spacial score (nSPS) is 52.3. The summed E-state index contributed by atoms with van der Waals surface area (Å²) in [5.74, 6) is -1.24. The smallest absolute Gasteiger partial charge is 0.275 e. The molecule has 0 unspecified atom stereocenters. The quantitative estimate of drug-likeness (QED) is 0.383. The van der Waals surface area contributed by atoms with Crippen LogP contribution in [-0.2, 0) is 0 Å². The Balaban J connectivity index is 1.59. The molecule has 30 heavy (non-hydrogen) atoms. The first-order valence-corrected chi connectivity index (χ1v) is 12.1. The standard InChI is InChI=1S/C24H42O6/c1-13(6-9-24(28,29)30)16-4-5-17-21-18(12-20(27)23(16,17)3)22(2)8-7-15(25)10-14(22)11-19(21)26/h13-21,25-30H,4-12H2,1-3H3/t13-,14+,15-,16-,17+,18+,19-,20+,21+,22+,23-/m1/s1. The first-order valence-electron chi connectivity index (χ1n) is 12.1. The molecule has 0 aliphatic heterocycles. The summed E-state index contributed by atoms with van der Waals surface area (Å²) in [5.41, 5.74) is -0.235. The summed E-state index contributed by atoms with van der Waals surface area (Å²) in [7, 11) is 0. The van der Waals surface area contributed by atoms with Gasteiger partial charge >= 0.3 is 0 Å². The molecular formula is C24H42O6. The maximum absolute atomic E-state index is 11.5. The molecule has 11 atom stereocenters. The van der Waals surface area contributed by atoms with Crippen molar-refractivity contribution in [1.29, 1.82) is 0 Å². The number of rotatable bonds is 4. The summed E-state index contributed by atoms with van der Waals surface area (Å²) in [6, 6.07) is 0. The summed E-state index contributed by atoms with van der Waals surface area (Å²) in [6.45, 7) is 6.60. The zero-order valence-electron chi connectivity index (χ0n) is 18.7. The van der Waals surface area contributed by atoms with Gasteiger partial charge in [0.2, 0.25) is 0 Å². The number of hydrogen-bond donors (Lipinski definition) is 6. The van der Waals surface area contributed by atoms with Crippen molar-refractivity contribution in [2.24, 2.45) is 46.3 Å². The Morgan fingerprint density at radius 1 is 0.933 bits per heavy atom. The highest BCUT2D eigenvalue weighted by molar-refractivity contribution is 5.14. The molecule has 0 heterocycles. The summed E-state index contributed by atoms with van der Waals surface area (Å²) in [4.78, 5) is 0. The van der Waals surface area contributed by atoms with Crippen LogP contribution in [0.25, 0.3) is 0 Å². The Hall–Kier alpha value is -0.240. The van der Waals surface area contributed by atoms with Gasteiger partial charge in [0.1, 0.15) is 0 Å². The first kappa shape index (κ1) is 22.9. The number of aliphatic hydroxyl groups is 6. The van der Waals surface area contributed by atoms with Gasteiger partial charge in [-0.2, -0.15) is 0 Å². The highest BCUT2D eigenvalue weighted by Gasteiger charge is 2.65. The molecule has 6 heteroatoms. The average molecular weight is 427 g/mol. The molecule has 4 aliphatic rings. The van der Waals surface area contributed by atoms with Crippen LogP contribution in [0.2, 0.25) is 0 Å². The van der Waals surface area contributed by atoms with Crippen molar-refractivity contribution in [1.82, 2.24) is 0 Å². The van der Waals surface area contributed by atoms with Crippen molar-refractivity contribution >= 4 is 0 Å². The van der Waals surface area contributed by atoms with E-state index in [2.05, 4.69) is 20.8 Å². The number of fused-ring (bicyclic) bond motifs is 5. The van der Waals surface area contributed by atoms with Gasteiger partial charge in [-0.15, -0.1) is 0 Å². The van der Waals surface area contributed by atoms with E-state index in [1.165, 1.54) is 0 Å². The third kappa shape index (κ3) is 3.56. The second kappa shape index (κ2) is 7.67. The van der Waals surface area contributed by atoms with E-state index in [-0.39, 0.29) is 59.0 Å². The predicted molar refractivity (Wildman–Crippen MR) is 112 cm³/mol. The molecule has 6 N–H and O–H groups in total. The first-order chi connectivity index (χ1) is 13.9. The second-order valence-electron chi connectivity index (χ2n) is 11.8. The van der Waals surface area contributed by atoms with Crippen molar-refractivity contribution < 1.29 is 30.6 Å².